The highest BCUT2D eigenvalue weighted by atomic mass is 127. The molecule has 0 fully saturated rings. The summed E-state index contributed by atoms with van der Waals surface area (Å²) in [5.74, 6) is -0.649. The third-order valence-electron chi connectivity index (χ3n) is 6.27. The fourth-order valence-corrected chi connectivity index (χ4v) is 4.80. The van der Waals surface area contributed by atoms with Crippen LogP contribution in [0.5, 0.6) is 0 Å². The quantitative estimate of drug-likeness (QED) is 0.0678. The minimum Gasteiger partial charge on any atom is -0.481 e. The Kier molecular flexibility index (Phi) is 27.4. The molecule has 0 aromatic heterocycles. The van der Waals surface area contributed by atoms with Crippen molar-refractivity contribution < 1.29 is 9.90 Å². The zero-order valence-electron chi connectivity index (χ0n) is 20.1. The molecule has 0 heterocycles. The lowest BCUT2D eigenvalue weighted by atomic mass is 10.0. The van der Waals surface area contributed by atoms with E-state index in [0.29, 0.717) is 6.42 Å². The molecule has 0 bridgehead atoms. The Morgan fingerprint density at radius 3 is 0.800 bits per heavy atom. The fraction of sp³-hybridized carbons (Fsp3) is 0.963. The maximum atomic E-state index is 10.4. The number of hydrogen-bond acceptors (Lipinski definition) is 1. The van der Waals surface area contributed by atoms with Gasteiger partial charge in [0, 0.05) is 6.42 Å². The van der Waals surface area contributed by atoms with Gasteiger partial charge in [-0.25, -0.2) is 0 Å². The molecule has 0 atom stereocenters. The zero-order valence-corrected chi connectivity index (χ0v) is 22.3. The van der Waals surface area contributed by atoms with E-state index < -0.39 is 5.97 Å². The van der Waals surface area contributed by atoms with Crippen LogP contribution >= 0.6 is 22.6 Å². The molecule has 0 aliphatic carbocycles. The summed E-state index contributed by atoms with van der Waals surface area (Å²) in [4.78, 5) is 10.4. The third-order valence-corrected chi connectivity index (χ3v) is 7.04. The molecule has 0 rings (SSSR count). The first kappa shape index (κ1) is 30.2. The van der Waals surface area contributed by atoms with Gasteiger partial charge in [0.05, 0.1) is 0 Å². The van der Waals surface area contributed by atoms with Gasteiger partial charge in [-0.3, -0.25) is 4.79 Å². The normalized spacial score (nSPS) is 11.2. The maximum absolute atomic E-state index is 10.4. The Bertz CT molecular complexity index is 333. The minimum absolute atomic E-state index is 0.346. The van der Waals surface area contributed by atoms with E-state index in [4.69, 9.17) is 5.11 Å². The first-order valence-corrected chi connectivity index (χ1v) is 15.1. The van der Waals surface area contributed by atoms with Crippen molar-refractivity contribution in [3.8, 4) is 0 Å². The number of aliphatic carboxylic acids is 1. The summed E-state index contributed by atoms with van der Waals surface area (Å²) < 4.78 is 1.33. The Balaban J connectivity index is 2.99. The highest BCUT2D eigenvalue weighted by Gasteiger charge is 1.97. The molecule has 0 saturated heterocycles. The van der Waals surface area contributed by atoms with Gasteiger partial charge >= 0.3 is 5.97 Å². The second-order valence-corrected chi connectivity index (χ2v) is 10.4. The van der Waals surface area contributed by atoms with E-state index in [2.05, 4.69) is 22.6 Å². The zero-order chi connectivity index (χ0) is 22.0. The summed E-state index contributed by atoms with van der Waals surface area (Å²) in [5, 5.41) is 8.60. The van der Waals surface area contributed by atoms with Crippen LogP contribution in [0.4, 0.5) is 0 Å². The van der Waals surface area contributed by atoms with Crippen LogP contribution in [0.1, 0.15) is 161 Å². The summed E-state index contributed by atoms with van der Waals surface area (Å²) in [6.45, 7) is 0. The van der Waals surface area contributed by atoms with Crippen LogP contribution in [0.3, 0.4) is 0 Å². The highest BCUT2D eigenvalue weighted by Crippen LogP contribution is 2.15. The van der Waals surface area contributed by atoms with Gasteiger partial charge in [0.2, 0.25) is 0 Å². The summed E-state index contributed by atoms with van der Waals surface area (Å²) in [5.41, 5.74) is 0. The Morgan fingerprint density at radius 2 is 0.600 bits per heavy atom. The predicted octanol–water partition coefficient (Wildman–Crippen LogP) is 10.3. The van der Waals surface area contributed by atoms with Gasteiger partial charge in [0.1, 0.15) is 0 Å². The van der Waals surface area contributed by atoms with E-state index in [-0.39, 0.29) is 0 Å². The van der Waals surface area contributed by atoms with E-state index in [1.54, 1.807) is 0 Å². The standard InChI is InChI=1S/C27H53IO2/c28-26-24-22-20-18-16-14-12-10-8-6-4-2-1-3-5-7-9-11-13-15-17-19-21-23-25-27(29)30/h1-26H2,(H,29,30). The summed E-state index contributed by atoms with van der Waals surface area (Å²) >= 11 is 2.49. The molecule has 0 aromatic rings. The molecule has 0 amide bonds. The lowest BCUT2D eigenvalue weighted by molar-refractivity contribution is -0.137. The van der Waals surface area contributed by atoms with Gasteiger partial charge in [-0.05, 0) is 17.3 Å². The number of carbonyl (C=O) groups is 1. The molecular formula is C27H53IO2. The lowest BCUT2D eigenvalue weighted by Gasteiger charge is -2.04. The largest absolute Gasteiger partial charge is 0.481 e. The molecule has 180 valence electrons. The molecule has 0 saturated carbocycles. The van der Waals surface area contributed by atoms with E-state index >= 15 is 0 Å². The van der Waals surface area contributed by atoms with Crippen LogP contribution < -0.4 is 0 Å². The van der Waals surface area contributed by atoms with Crippen molar-refractivity contribution in [3.05, 3.63) is 0 Å². The Hall–Kier alpha value is 0.200. The number of carboxylic acids is 1. The smallest absolute Gasteiger partial charge is 0.303 e. The van der Waals surface area contributed by atoms with Crippen molar-refractivity contribution in [2.75, 3.05) is 4.43 Å². The summed E-state index contributed by atoms with van der Waals surface area (Å²) in [7, 11) is 0. The molecule has 0 aromatic carbocycles. The summed E-state index contributed by atoms with van der Waals surface area (Å²) in [6, 6.07) is 0. The van der Waals surface area contributed by atoms with Crippen molar-refractivity contribution in [1.29, 1.82) is 0 Å². The first-order valence-electron chi connectivity index (χ1n) is 13.5. The van der Waals surface area contributed by atoms with Crippen LogP contribution in [-0.2, 0) is 4.79 Å². The average molecular weight is 537 g/mol. The van der Waals surface area contributed by atoms with Gasteiger partial charge < -0.3 is 5.11 Å². The Morgan fingerprint density at radius 1 is 0.400 bits per heavy atom. The maximum Gasteiger partial charge on any atom is 0.303 e. The molecular weight excluding hydrogens is 483 g/mol. The fourth-order valence-electron chi connectivity index (χ4n) is 4.26. The number of hydrogen-bond donors (Lipinski definition) is 1. The van der Waals surface area contributed by atoms with Crippen LogP contribution in [-0.4, -0.2) is 15.5 Å². The monoisotopic (exact) mass is 536 g/mol. The van der Waals surface area contributed by atoms with Crippen LogP contribution in [0.15, 0.2) is 0 Å². The van der Waals surface area contributed by atoms with Crippen molar-refractivity contribution in [2.45, 2.75) is 161 Å². The molecule has 3 heteroatoms. The molecule has 2 nitrogen and oxygen atoms in total. The minimum atomic E-state index is -0.649. The number of rotatable bonds is 26. The molecule has 30 heavy (non-hydrogen) atoms. The van der Waals surface area contributed by atoms with Crippen molar-refractivity contribution in [3.63, 3.8) is 0 Å². The van der Waals surface area contributed by atoms with E-state index in [1.807, 2.05) is 0 Å². The molecule has 0 unspecified atom stereocenters. The van der Waals surface area contributed by atoms with Gasteiger partial charge in [-0.1, -0.05) is 164 Å². The predicted molar refractivity (Wildman–Crippen MR) is 142 cm³/mol. The van der Waals surface area contributed by atoms with Crippen molar-refractivity contribution >= 4 is 28.6 Å². The third kappa shape index (κ3) is 28.2. The molecule has 0 spiro atoms. The topological polar surface area (TPSA) is 37.3 Å². The number of alkyl halides is 1. The van der Waals surface area contributed by atoms with Crippen LogP contribution in [0.2, 0.25) is 0 Å². The molecule has 1 N–H and O–H groups in total. The van der Waals surface area contributed by atoms with Crippen molar-refractivity contribution in [1.82, 2.24) is 0 Å². The second-order valence-electron chi connectivity index (χ2n) is 9.32. The van der Waals surface area contributed by atoms with Gasteiger partial charge in [0.25, 0.3) is 0 Å². The SMILES string of the molecule is O=C(O)CCCCCCCCCCCCCCCCCCCCCCCCCCI. The molecule has 0 aliphatic rings. The highest BCUT2D eigenvalue weighted by molar-refractivity contribution is 14.1. The molecule has 0 radical (unpaired) electrons. The average Bonchev–Trinajstić information content (AvgIpc) is 2.73. The lowest BCUT2D eigenvalue weighted by Crippen LogP contribution is -1.93. The van der Waals surface area contributed by atoms with Crippen LogP contribution in [0.25, 0.3) is 0 Å². The number of halogens is 1. The van der Waals surface area contributed by atoms with Crippen LogP contribution in [0, 0.1) is 0 Å². The van der Waals surface area contributed by atoms with E-state index in [9.17, 15) is 4.79 Å². The van der Waals surface area contributed by atoms with Crippen molar-refractivity contribution in [2.24, 2.45) is 0 Å². The second kappa shape index (κ2) is 27.2. The first-order chi connectivity index (χ1) is 14.8. The molecule has 0 aliphatic heterocycles. The van der Waals surface area contributed by atoms with Gasteiger partial charge in [0.15, 0.2) is 0 Å². The van der Waals surface area contributed by atoms with E-state index in [0.717, 1.165) is 12.8 Å². The van der Waals surface area contributed by atoms with Gasteiger partial charge in [-0.2, -0.15) is 0 Å². The number of unbranched alkanes of at least 4 members (excludes halogenated alkanes) is 23. The van der Waals surface area contributed by atoms with Gasteiger partial charge in [-0.15, -0.1) is 0 Å². The van der Waals surface area contributed by atoms with E-state index in [1.165, 1.54) is 146 Å². The number of carboxylic acid groups (broad SMARTS) is 1. The summed E-state index contributed by atoms with van der Waals surface area (Å²) in [6.07, 6.45) is 33.6. The Labute approximate surface area is 202 Å².